The van der Waals surface area contributed by atoms with Gasteiger partial charge in [-0.1, -0.05) is 0 Å². The average molecular weight is 296 g/mol. The average Bonchev–Trinajstić information content (AvgIpc) is 2.78. The number of aliphatic hydroxyl groups is 2. The minimum Gasteiger partial charge on any atom is -0.394 e. The number of ketones is 1. The summed E-state index contributed by atoms with van der Waals surface area (Å²) in [4.78, 5) is 36.5. The molecule has 0 amide bonds. The number of aromatic amines is 1. The summed E-state index contributed by atoms with van der Waals surface area (Å²) >= 11 is 0. The zero-order valence-electron chi connectivity index (χ0n) is 11.4. The van der Waals surface area contributed by atoms with Crippen molar-refractivity contribution in [2.24, 2.45) is 0 Å². The zero-order chi connectivity index (χ0) is 15.6. The highest BCUT2D eigenvalue weighted by molar-refractivity contribution is 5.91. The van der Waals surface area contributed by atoms with E-state index in [0.717, 1.165) is 4.57 Å². The highest BCUT2D eigenvalue weighted by Gasteiger charge is 2.35. The fraction of sp³-hybridized carbons (Fsp3) is 0.462. The van der Waals surface area contributed by atoms with Gasteiger partial charge < -0.3 is 14.9 Å². The minimum atomic E-state index is -0.893. The topological polar surface area (TPSA) is 122 Å². The lowest BCUT2D eigenvalue weighted by Gasteiger charge is -2.14. The number of carbonyl (C=O) groups is 1. The van der Waals surface area contributed by atoms with E-state index >= 15 is 0 Å². The van der Waals surface area contributed by atoms with Gasteiger partial charge in [-0.05, 0) is 19.1 Å². The van der Waals surface area contributed by atoms with Crippen LogP contribution in [0, 0.1) is 0 Å². The van der Waals surface area contributed by atoms with E-state index in [2.05, 4.69) is 4.98 Å². The molecule has 1 aliphatic rings. The molecule has 1 aliphatic heterocycles. The number of H-pyrrole nitrogens is 1. The van der Waals surface area contributed by atoms with E-state index in [9.17, 15) is 19.5 Å². The molecule has 21 heavy (non-hydrogen) atoms. The molecular weight excluding hydrogens is 280 g/mol. The van der Waals surface area contributed by atoms with Gasteiger partial charge >= 0.3 is 5.69 Å². The van der Waals surface area contributed by atoms with Crippen LogP contribution in [0.15, 0.2) is 21.9 Å². The van der Waals surface area contributed by atoms with Gasteiger partial charge in [0.05, 0.1) is 18.3 Å². The van der Waals surface area contributed by atoms with Gasteiger partial charge in [-0.15, -0.1) is 0 Å². The third kappa shape index (κ3) is 3.35. The van der Waals surface area contributed by atoms with E-state index < -0.39 is 29.7 Å². The van der Waals surface area contributed by atoms with Crippen LogP contribution in [0.1, 0.15) is 25.1 Å². The largest absolute Gasteiger partial charge is 0.394 e. The zero-order valence-corrected chi connectivity index (χ0v) is 11.4. The molecule has 1 saturated heterocycles. The van der Waals surface area contributed by atoms with Crippen molar-refractivity contribution in [3.63, 3.8) is 0 Å². The summed E-state index contributed by atoms with van der Waals surface area (Å²) in [7, 11) is 0. The van der Waals surface area contributed by atoms with Crippen molar-refractivity contribution in [3.05, 3.63) is 38.7 Å². The Morgan fingerprint density at radius 1 is 1.57 bits per heavy atom. The molecule has 1 aromatic rings. The van der Waals surface area contributed by atoms with Crippen molar-refractivity contribution in [2.45, 2.75) is 31.8 Å². The van der Waals surface area contributed by atoms with Crippen molar-refractivity contribution in [1.29, 1.82) is 0 Å². The molecule has 8 nitrogen and oxygen atoms in total. The molecule has 2 heterocycles. The van der Waals surface area contributed by atoms with Gasteiger partial charge in [-0.25, -0.2) is 4.79 Å². The Morgan fingerprint density at radius 3 is 2.86 bits per heavy atom. The highest BCUT2D eigenvalue weighted by Crippen LogP contribution is 2.27. The maximum absolute atomic E-state index is 11.8. The normalized spacial score (nSPS) is 25.6. The molecule has 1 aromatic heterocycles. The number of aliphatic hydroxyl groups excluding tert-OH is 2. The Kier molecular flexibility index (Phi) is 4.51. The lowest BCUT2D eigenvalue weighted by Crippen LogP contribution is -2.33. The predicted octanol–water partition coefficient (Wildman–Crippen LogP) is -1.22. The van der Waals surface area contributed by atoms with Gasteiger partial charge in [0.25, 0.3) is 5.56 Å². The first-order valence-electron chi connectivity index (χ1n) is 6.41. The van der Waals surface area contributed by atoms with Gasteiger partial charge in [0.2, 0.25) is 0 Å². The Bertz CT molecular complexity index is 674. The molecule has 3 atom stereocenters. The van der Waals surface area contributed by atoms with Crippen molar-refractivity contribution in [1.82, 2.24) is 9.55 Å². The third-order valence-corrected chi connectivity index (χ3v) is 3.19. The number of allylic oxidation sites excluding steroid dienone is 1. The van der Waals surface area contributed by atoms with Crippen LogP contribution < -0.4 is 11.2 Å². The van der Waals surface area contributed by atoms with Crippen LogP contribution in [0.2, 0.25) is 0 Å². The number of carbonyl (C=O) groups excluding carboxylic acids is 1. The number of rotatable bonds is 4. The molecule has 114 valence electrons. The monoisotopic (exact) mass is 296 g/mol. The number of nitrogens with one attached hydrogen (secondary N) is 1. The first kappa shape index (κ1) is 15.4. The van der Waals surface area contributed by atoms with Gasteiger partial charge in [-0.2, -0.15) is 0 Å². The van der Waals surface area contributed by atoms with E-state index in [-0.39, 0.29) is 24.4 Å². The standard InChI is InChI=1S/C13H16N2O6/c1-7(17)2-3-8-5-15(13(20)14-12(8)19)11-4-9(18)10(6-16)21-11/h2-3,5,9-11,16,18H,4,6H2,1H3,(H,14,19,20)/b3-2+/t9?,10-,11-/m1/s1. The van der Waals surface area contributed by atoms with Crippen LogP contribution in [-0.2, 0) is 9.53 Å². The highest BCUT2D eigenvalue weighted by atomic mass is 16.5. The van der Waals surface area contributed by atoms with Crippen LogP contribution in [-0.4, -0.2) is 44.4 Å². The van der Waals surface area contributed by atoms with Crippen molar-refractivity contribution in [2.75, 3.05) is 6.61 Å². The van der Waals surface area contributed by atoms with E-state index in [4.69, 9.17) is 9.84 Å². The van der Waals surface area contributed by atoms with E-state index in [1.54, 1.807) is 0 Å². The molecule has 0 saturated carbocycles. The summed E-state index contributed by atoms with van der Waals surface area (Å²) in [5, 5.41) is 18.7. The Balaban J connectivity index is 2.37. The van der Waals surface area contributed by atoms with Crippen LogP contribution in [0.25, 0.3) is 6.08 Å². The number of hydrogen-bond acceptors (Lipinski definition) is 6. The number of aromatic nitrogens is 2. The summed E-state index contributed by atoms with van der Waals surface area (Å²) in [5.74, 6) is -0.236. The quantitative estimate of drug-likeness (QED) is 0.599. The Morgan fingerprint density at radius 2 is 2.29 bits per heavy atom. The molecule has 3 N–H and O–H groups in total. The summed E-state index contributed by atoms with van der Waals surface area (Å²) in [5.41, 5.74) is -1.18. The fourth-order valence-corrected chi connectivity index (χ4v) is 2.09. The Labute approximate surface area is 119 Å². The van der Waals surface area contributed by atoms with Gasteiger partial charge in [0, 0.05) is 12.6 Å². The van der Waals surface area contributed by atoms with Crippen LogP contribution in [0.4, 0.5) is 0 Å². The lowest BCUT2D eigenvalue weighted by atomic mass is 10.2. The smallest absolute Gasteiger partial charge is 0.330 e. The minimum absolute atomic E-state index is 0.118. The number of ether oxygens (including phenoxy) is 1. The molecular formula is C13H16N2O6. The molecule has 1 fully saturated rings. The molecule has 8 heteroatoms. The predicted molar refractivity (Wildman–Crippen MR) is 72.7 cm³/mol. The van der Waals surface area contributed by atoms with E-state index in [1.165, 1.54) is 25.3 Å². The molecule has 0 aliphatic carbocycles. The molecule has 0 radical (unpaired) electrons. The molecule has 0 aromatic carbocycles. The lowest BCUT2D eigenvalue weighted by molar-refractivity contribution is -0.112. The van der Waals surface area contributed by atoms with Gasteiger partial charge in [0.15, 0.2) is 5.78 Å². The maximum atomic E-state index is 11.8. The van der Waals surface area contributed by atoms with E-state index in [1.807, 2.05) is 0 Å². The second kappa shape index (κ2) is 6.17. The van der Waals surface area contributed by atoms with Crippen LogP contribution in [0.3, 0.4) is 0 Å². The third-order valence-electron chi connectivity index (χ3n) is 3.19. The second-order valence-electron chi connectivity index (χ2n) is 4.81. The molecule has 0 spiro atoms. The first-order valence-corrected chi connectivity index (χ1v) is 6.41. The van der Waals surface area contributed by atoms with Crippen molar-refractivity contribution >= 4 is 11.9 Å². The summed E-state index contributed by atoms with van der Waals surface area (Å²) in [6, 6.07) is 0. The van der Waals surface area contributed by atoms with Crippen LogP contribution >= 0.6 is 0 Å². The maximum Gasteiger partial charge on any atom is 0.330 e. The summed E-state index contributed by atoms with van der Waals surface area (Å²) in [6.07, 6.45) is 1.43. The van der Waals surface area contributed by atoms with E-state index in [0.29, 0.717) is 0 Å². The van der Waals surface area contributed by atoms with Gasteiger partial charge in [-0.3, -0.25) is 19.1 Å². The van der Waals surface area contributed by atoms with Crippen LogP contribution in [0.5, 0.6) is 0 Å². The number of nitrogens with zero attached hydrogens (tertiary/aromatic N) is 1. The molecule has 0 bridgehead atoms. The Hall–Kier alpha value is -2.03. The second-order valence-corrected chi connectivity index (χ2v) is 4.81. The SMILES string of the molecule is CC(=O)/C=C/c1cn([C@H]2CC(O)[C@@H](CO)O2)c(=O)[nH]c1=O. The van der Waals surface area contributed by atoms with Crippen molar-refractivity contribution < 1.29 is 19.7 Å². The summed E-state index contributed by atoms with van der Waals surface area (Å²) in [6.45, 7) is 0.968. The molecule has 2 rings (SSSR count). The first-order chi connectivity index (χ1) is 9.92. The van der Waals surface area contributed by atoms with Crippen molar-refractivity contribution in [3.8, 4) is 0 Å². The summed E-state index contributed by atoms with van der Waals surface area (Å²) < 4.78 is 6.49. The molecule has 1 unspecified atom stereocenters. The van der Waals surface area contributed by atoms with Gasteiger partial charge in [0.1, 0.15) is 12.3 Å². The number of hydrogen-bond donors (Lipinski definition) is 3. The fourth-order valence-electron chi connectivity index (χ4n) is 2.09.